The van der Waals surface area contributed by atoms with Crippen LogP contribution in [0.2, 0.25) is 0 Å². The smallest absolute Gasteiger partial charge is 0.258 e. The van der Waals surface area contributed by atoms with Crippen molar-refractivity contribution < 1.29 is 9.59 Å². The van der Waals surface area contributed by atoms with E-state index in [1.54, 1.807) is 24.3 Å². The quantitative estimate of drug-likeness (QED) is 0.625. The van der Waals surface area contributed by atoms with Gasteiger partial charge in [-0.05, 0) is 30.2 Å². The van der Waals surface area contributed by atoms with Crippen molar-refractivity contribution in [1.29, 1.82) is 0 Å². The predicted molar refractivity (Wildman–Crippen MR) is 113 cm³/mol. The van der Waals surface area contributed by atoms with Crippen molar-refractivity contribution in [3.63, 3.8) is 0 Å². The maximum atomic E-state index is 13.0. The van der Waals surface area contributed by atoms with Gasteiger partial charge in [-0.15, -0.1) is 0 Å². The highest BCUT2D eigenvalue weighted by molar-refractivity contribution is 6.04. The van der Waals surface area contributed by atoms with Crippen LogP contribution in [0.3, 0.4) is 0 Å². The highest BCUT2D eigenvalue weighted by Gasteiger charge is 2.35. The number of nitrogens with zero attached hydrogens (tertiary/aromatic N) is 2. The zero-order valence-corrected chi connectivity index (χ0v) is 16.0. The minimum absolute atomic E-state index is 0.109. The molecule has 8 nitrogen and oxygen atoms in total. The summed E-state index contributed by atoms with van der Waals surface area (Å²) < 4.78 is 0. The van der Waals surface area contributed by atoms with E-state index in [0.717, 1.165) is 12.1 Å². The lowest BCUT2D eigenvalue weighted by atomic mass is 9.92. The van der Waals surface area contributed by atoms with Crippen molar-refractivity contribution in [3.05, 3.63) is 76.1 Å². The Bertz CT molecular complexity index is 1200. The number of aromatic amines is 1. The van der Waals surface area contributed by atoms with Crippen molar-refractivity contribution >= 4 is 35.0 Å². The molecule has 1 aromatic heterocycles. The van der Waals surface area contributed by atoms with Crippen LogP contribution >= 0.6 is 0 Å². The number of anilines is 4. The molecule has 2 amide bonds. The molecule has 150 valence electrons. The Morgan fingerprint density at radius 3 is 2.67 bits per heavy atom. The van der Waals surface area contributed by atoms with Crippen LogP contribution in [0.5, 0.6) is 0 Å². The zero-order valence-electron chi connectivity index (χ0n) is 16.0. The minimum Gasteiger partial charge on any atom is -0.326 e. The minimum atomic E-state index is -0.912. The number of carbonyl (C=O) groups excluding carboxylic acids is 2. The average Bonchev–Trinajstić information content (AvgIpc) is 3.17. The van der Waals surface area contributed by atoms with E-state index in [4.69, 9.17) is 0 Å². The molecule has 3 N–H and O–H groups in total. The van der Waals surface area contributed by atoms with Crippen molar-refractivity contribution in [2.75, 3.05) is 22.1 Å². The Morgan fingerprint density at radius 2 is 1.83 bits per heavy atom. The van der Waals surface area contributed by atoms with E-state index in [-0.39, 0.29) is 23.7 Å². The van der Waals surface area contributed by atoms with Gasteiger partial charge in [-0.3, -0.25) is 19.4 Å². The summed E-state index contributed by atoms with van der Waals surface area (Å²) in [7, 11) is 0. The van der Waals surface area contributed by atoms with Crippen LogP contribution in [0, 0.1) is 0 Å². The maximum absolute atomic E-state index is 13.0. The first-order valence-electron chi connectivity index (χ1n) is 9.75. The van der Waals surface area contributed by atoms with Gasteiger partial charge in [0, 0.05) is 24.3 Å². The van der Waals surface area contributed by atoms with Crippen LogP contribution in [0.1, 0.15) is 23.5 Å². The molecule has 3 heterocycles. The van der Waals surface area contributed by atoms with Gasteiger partial charge >= 0.3 is 0 Å². The second-order valence-electron chi connectivity index (χ2n) is 7.34. The number of para-hydroxylation sites is 2. The van der Waals surface area contributed by atoms with Crippen LogP contribution < -0.4 is 21.1 Å². The fourth-order valence-electron chi connectivity index (χ4n) is 4.02. The topological polar surface area (TPSA) is 107 Å². The van der Waals surface area contributed by atoms with Crippen LogP contribution in [-0.4, -0.2) is 28.3 Å². The molecule has 0 fully saturated rings. The highest BCUT2D eigenvalue weighted by Crippen LogP contribution is 2.35. The lowest BCUT2D eigenvalue weighted by Crippen LogP contribution is -2.37. The predicted octanol–water partition coefficient (Wildman–Crippen LogP) is 2.53. The van der Waals surface area contributed by atoms with Gasteiger partial charge in [0.1, 0.15) is 5.82 Å². The second kappa shape index (κ2) is 7.14. The Hall–Kier alpha value is -3.94. The molecule has 3 aromatic rings. The maximum Gasteiger partial charge on any atom is 0.258 e. The van der Waals surface area contributed by atoms with E-state index in [1.165, 1.54) is 5.56 Å². The van der Waals surface area contributed by atoms with Crippen LogP contribution in [0.4, 0.5) is 23.1 Å². The third-order valence-electron chi connectivity index (χ3n) is 5.44. The van der Waals surface area contributed by atoms with Gasteiger partial charge in [0.2, 0.25) is 17.8 Å². The van der Waals surface area contributed by atoms with Gasteiger partial charge in [0.15, 0.2) is 0 Å². The molecule has 0 saturated heterocycles. The fourth-order valence-corrected chi connectivity index (χ4v) is 4.02. The summed E-state index contributed by atoms with van der Waals surface area (Å²) >= 11 is 0. The van der Waals surface area contributed by atoms with Gasteiger partial charge in [0.05, 0.1) is 11.5 Å². The average molecular weight is 401 g/mol. The third kappa shape index (κ3) is 3.12. The largest absolute Gasteiger partial charge is 0.326 e. The number of rotatable bonds is 3. The fraction of sp³-hybridized carbons (Fsp3) is 0.182. The summed E-state index contributed by atoms with van der Waals surface area (Å²) in [6.45, 7) is 0.674. The standard InChI is InChI=1S/C22H19N5O3/c28-17-12-15(20(29)23-14-7-2-1-3-8-14)18-19(24-17)25-22(26-21(18)30)27-11-10-13-6-4-5-9-16(13)27/h1-9,15H,10-12H2,(H,23,29)(H2,24,25,26,28,30). The number of carbonyl (C=O) groups is 2. The number of amides is 2. The third-order valence-corrected chi connectivity index (χ3v) is 5.44. The van der Waals surface area contributed by atoms with Gasteiger partial charge < -0.3 is 15.5 Å². The number of hydrogen-bond acceptors (Lipinski definition) is 5. The van der Waals surface area contributed by atoms with Crippen molar-refractivity contribution in [2.24, 2.45) is 0 Å². The first-order valence-corrected chi connectivity index (χ1v) is 9.75. The van der Waals surface area contributed by atoms with E-state index in [2.05, 4.69) is 20.6 Å². The summed E-state index contributed by atoms with van der Waals surface area (Å²) in [5, 5.41) is 5.43. The van der Waals surface area contributed by atoms with Crippen LogP contribution in [0.25, 0.3) is 0 Å². The number of benzene rings is 2. The Labute approximate surface area is 172 Å². The molecule has 0 bridgehead atoms. The Morgan fingerprint density at radius 1 is 1.07 bits per heavy atom. The summed E-state index contributed by atoms with van der Waals surface area (Å²) in [6.07, 6.45) is 0.730. The summed E-state index contributed by atoms with van der Waals surface area (Å²) in [4.78, 5) is 47.3. The molecule has 1 atom stereocenters. The van der Waals surface area contributed by atoms with Crippen LogP contribution in [-0.2, 0) is 16.0 Å². The molecule has 1 unspecified atom stereocenters. The number of fused-ring (bicyclic) bond motifs is 2. The first-order chi connectivity index (χ1) is 14.6. The molecule has 2 aromatic carbocycles. The molecule has 0 aliphatic carbocycles. The molecule has 8 heteroatoms. The number of nitrogens with one attached hydrogen (secondary N) is 3. The molecular weight excluding hydrogens is 382 g/mol. The Balaban J connectivity index is 1.51. The van der Waals surface area contributed by atoms with Crippen LogP contribution in [0.15, 0.2) is 59.4 Å². The number of aromatic nitrogens is 2. The summed E-state index contributed by atoms with van der Waals surface area (Å²) in [6, 6.07) is 16.8. The Kier molecular flexibility index (Phi) is 4.31. The van der Waals surface area contributed by atoms with E-state index >= 15 is 0 Å². The number of H-pyrrole nitrogens is 1. The molecular formula is C22H19N5O3. The zero-order chi connectivity index (χ0) is 20.7. The van der Waals surface area contributed by atoms with Gasteiger partial charge in [-0.25, -0.2) is 0 Å². The summed E-state index contributed by atoms with van der Waals surface area (Å²) in [5.41, 5.74) is 2.50. The first kappa shape index (κ1) is 18.1. The molecule has 30 heavy (non-hydrogen) atoms. The van der Waals surface area contributed by atoms with E-state index < -0.39 is 17.4 Å². The molecule has 2 aliphatic rings. The summed E-state index contributed by atoms with van der Waals surface area (Å²) in [5.74, 6) is -1.17. The highest BCUT2D eigenvalue weighted by atomic mass is 16.2. The van der Waals surface area contributed by atoms with Gasteiger partial charge in [-0.1, -0.05) is 36.4 Å². The van der Waals surface area contributed by atoms with Gasteiger partial charge in [0.25, 0.3) is 5.56 Å². The SMILES string of the molecule is O=C1CC(C(=O)Nc2ccccc2)c2c(nc(N3CCc4ccccc43)[nH]c2=O)N1. The lowest BCUT2D eigenvalue weighted by Gasteiger charge is -2.25. The van der Waals surface area contributed by atoms with Gasteiger partial charge in [-0.2, -0.15) is 4.98 Å². The molecule has 0 saturated carbocycles. The van der Waals surface area contributed by atoms with Crippen molar-refractivity contribution in [3.8, 4) is 0 Å². The molecule has 2 aliphatic heterocycles. The second-order valence-corrected chi connectivity index (χ2v) is 7.34. The van der Waals surface area contributed by atoms with E-state index in [1.807, 2.05) is 35.2 Å². The lowest BCUT2D eigenvalue weighted by molar-refractivity contribution is -0.123. The van der Waals surface area contributed by atoms with Crippen molar-refractivity contribution in [2.45, 2.75) is 18.8 Å². The van der Waals surface area contributed by atoms with E-state index in [9.17, 15) is 14.4 Å². The molecule has 0 spiro atoms. The van der Waals surface area contributed by atoms with Crippen molar-refractivity contribution in [1.82, 2.24) is 9.97 Å². The molecule has 0 radical (unpaired) electrons. The molecule has 5 rings (SSSR count). The number of hydrogen-bond donors (Lipinski definition) is 3. The van der Waals surface area contributed by atoms with E-state index in [0.29, 0.717) is 18.2 Å². The monoisotopic (exact) mass is 401 g/mol. The normalized spacial score (nSPS) is 17.1.